The summed E-state index contributed by atoms with van der Waals surface area (Å²) in [5, 5.41) is 4.06. The van der Waals surface area contributed by atoms with Crippen LogP contribution in [0.15, 0.2) is 5.38 Å². The maximum absolute atomic E-state index is 10.4. The van der Waals surface area contributed by atoms with E-state index in [9.17, 15) is 9.59 Å². The molecule has 13 heavy (non-hydrogen) atoms. The second-order valence-electron chi connectivity index (χ2n) is 1.94. The molecular weight excluding hydrogens is 235 g/mol. The van der Waals surface area contributed by atoms with Crippen LogP contribution in [0.4, 0.5) is 5.13 Å². The zero-order chi connectivity index (χ0) is 8.97. The molecule has 4 nitrogen and oxygen atoms in total. The molecule has 1 rings (SSSR count). The molecule has 0 bridgehead atoms. The number of halogens is 2. The third kappa shape index (κ3) is 4.21. The molecule has 0 atom stereocenters. The van der Waals surface area contributed by atoms with Gasteiger partial charge in [0.05, 0.1) is 12.1 Å². The van der Waals surface area contributed by atoms with E-state index in [2.05, 4.69) is 10.3 Å². The van der Waals surface area contributed by atoms with Crippen molar-refractivity contribution in [2.24, 2.45) is 0 Å². The van der Waals surface area contributed by atoms with Crippen molar-refractivity contribution in [3.8, 4) is 0 Å². The first kappa shape index (κ1) is 12.3. The van der Waals surface area contributed by atoms with Gasteiger partial charge >= 0.3 is 0 Å². The van der Waals surface area contributed by atoms with Crippen LogP contribution in [0.25, 0.3) is 0 Å². The van der Waals surface area contributed by atoms with Crippen LogP contribution in [0, 0.1) is 0 Å². The van der Waals surface area contributed by atoms with Crippen molar-refractivity contribution in [2.45, 2.75) is 6.42 Å². The zero-order valence-electron chi connectivity index (χ0n) is 6.32. The van der Waals surface area contributed by atoms with E-state index in [1.807, 2.05) is 0 Å². The lowest BCUT2D eigenvalue weighted by Gasteiger charge is -1.87. The highest BCUT2D eigenvalue weighted by Gasteiger charge is 2.04. The number of anilines is 1. The Morgan fingerprint density at radius 3 is 3.00 bits per heavy atom. The highest BCUT2D eigenvalue weighted by molar-refractivity contribution is 7.13. The Kier molecular flexibility index (Phi) is 5.61. The predicted molar refractivity (Wildman–Crippen MR) is 53.6 cm³/mol. The molecule has 0 aliphatic heterocycles. The summed E-state index contributed by atoms with van der Waals surface area (Å²) in [6, 6.07) is 0. The van der Waals surface area contributed by atoms with Crippen molar-refractivity contribution in [2.75, 3.05) is 5.32 Å². The average molecular weight is 241 g/mol. The number of thiazole rings is 1. The van der Waals surface area contributed by atoms with Crippen LogP contribution >= 0.6 is 35.3 Å². The van der Waals surface area contributed by atoms with Gasteiger partial charge in [-0.1, -0.05) is 0 Å². The van der Waals surface area contributed by atoms with E-state index in [1.54, 1.807) is 5.38 Å². The predicted octanol–water partition coefficient (Wildman–Crippen LogP) is 1.44. The van der Waals surface area contributed by atoms with Gasteiger partial charge in [0.1, 0.15) is 0 Å². The summed E-state index contributed by atoms with van der Waals surface area (Å²) in [7, 11) is 0. The summed E-state index contributed by atoms with van der Waals surface area (Å²) in [5.41, 5.74) is 0.573. The fraction of sp³-hybridized carbons (Fsp3) is 0.167. The second kappa shape index (κ2) is 5.90. The average Bonchev–Trinajstić information content (AvgIpc) is 2.36. The van der Waals surface area contributed by atoms with E-state index in [4.69, 9.17) is 11.6 Å². The minimum atomic E-state index is -0.460. The van der Waals surface area contributed by atoms with Gasteiger partial charge in [-0.2, -0.15) is 0 Å². The molecule has 0 spiro atoms. The molecule has 72 valence electrons. The topological polar surface area (TPSA) is 59.1 Å². The summed E-state index contributed by atoms with van der Waals surface area (Å²) in [6.45, 7) is 0. The van der Waals surface area contributed by atoms with Crippen molar-refractivity contribution in [1.29, 1.82) is 0 Å². The van der Waals surface area contributed by atoms with Crippen molar-refractivity contribution in [3.63, 3.8) is 0 Å². The summed E-state index contributed by atoms with van der Waals surface area (Å²) in [6.07, 6.45) is 0.629. The van der Waals surface area contributed by atoms with Crippen LogP contribution in [0.5, 0.6) is 0 Å². The molecule has 1 aromatic rings. The van der Waals surface area contributed by atoms with Crippen LogP contribution in [-0.4, -0.2) is 16.6 Å². The molecular formula is C6H6Cl2N2O2S. The van der Waals surface area contributed by atoms with Gasteiger partial charge in [0, 0.05) is 5.38 Å². The van der Waals surface area contributed by atoms with Gasteiger partial charge in [-0.15, -0.1) is 23.7 Å². The number of hydrogen-bond donors (Lipinski definition) is 1. The van der Waals surface area contributed by atoms with Gasteiger partial charge in [-0.05, 0) is 11.6 Å². The first-order valence-electron chi connectivity index (χ1n) is 3.05. The number of nitrogens with one attached hydrogen (secondary N) is 1. The maximum atomic E-state index is 10.4. The van der Waals surface area contributed by atoms with Gasteiger partial charge in [0.25, 0.3) is 0 Å². The molecule has 1 N–H and O–H groups in total. The summed E-state index contributed by atoms with van der Waals surface area (Å²) in [4.78, 5) is 24.3. The van der Waals surface area contributed by atoms with E-state index in [1.165, 1.54) is 11.3 Å². The van der Waals surface area contributed by atoms with Gasteiger partial charge in [0.2, 0.25) is 11.7 Å². The number of aromatic nitrogens is 1. The minimum Gasteiger partial charge on any atom is -0.305 e. The van der Waals surface area contributed by atoms with Crippen LogP contribution in [-0.2, 0) is 16.0 Å². The van der Waals surface area contributed by atoms with Crippen LogP contribution in [0.3, 0.4) is 0 Å². The molecule has 7 heteroatoms. The lowest BCUT2D eigenvalue weighted by molar-refractivity contribution is -0.111. The lowest BCUT2D eigenvalue weighted by Crippen LogP contribution is -1.96. The maximum Gasteiger partial charge on any atom is 0.227 e. The van der Waals surface area contributed by atoms with Gasteiger partial charge < -0.3 is 5.32 Å². The standard InChI is InChI=1S/C6H5ClN2O2S.ClH/c7-5(11)1-4-2-12-6(9-4)8-3-10;/h2-3H,1H2,(H,8,9,10);1H. The number of carbonyl (C=O) groups is 2. The Morgan fingerprint density at radius 2 is 2.46 bits per heavy atom. The molecule has 0 aliphatic carbocycles. The molecule has 0 unspecified atom stereocenters. The molecule has 0 aromatic carbocycles. The van der Waals surface area contributed by atoms with E-state index >= 15 is 0 Å². The number of hydrogen-bond acceptors (Lipinski definition) is 4. The quantitative estimate of drug-likeness (QED) is 0.641. The fourth-order valence-electron chi connectivity index (χ4n) is 0.647. The number of nitrogens with zero attached hydrogens (tertiary/aromatic N) is 1. The monoisotopic (exact) mass is 240 g/mol. The second-order valence-corrected chi connectivity index (χ2v) is 3.22. The Hall–Kier alpha value is -0.650. The van der Waals surface area contributed by atoms with Crippen LogP contribution in [0.2, 0.25) is 0 Å². The van der Waals surface area contributed by atoms with E-state index < -0.39 is 5.24 Å². The van der Waals surface area contributed by atoms with E-state index in [0.717, 1.165) is 0 Å². The molecule has 1 aromatic heterocycles. The Bertz CT molecular complexity index is 303. The number of rotatable bonds is 4. The SMILES string of the molecule is Cl.O=CNc1nc(CC(=O)Cl)cs1. The molecule has 1 amide bonds. The first-order chi connectivity index (χ1) is 5.72. The highest BCUT2D eigenvalue weighted by Crippen LogP contribution is 2.15. The third-order valence-corrected chi connectivity index (χ3v) is 2.01. The van der Waals surface area contributed by atoms with Crippen LogP contribution < -0.4 is 5.32 Å². The molecule has 0 saturated carbocycles. The van der Waals surface area contributed by atoms with Gasteiger partial charge in [0.15, 0.2) is 5.13 Å². The third-order valence-electron chi connectivity index (χ3n) is 1.05. The van der Waals surface area contributed by atoms with E-state index in [0.29, 0.717) is 17.2 Å². The molecule has 0 aliphatic rings. The van der Waals surface area contributed by atoms with Gasteiger partial charge in [-0.3, -0.25) is 9.59 Å². The summed E-state index contributed by atoms with van der Waals surface area (Å²) >= 11 is 6.39. The highest BCUT2D eigenvalue weighted by atomic mass is 35.5. The molecule has 1 heterocycles. The summed E-state index contributed by atoms with van der Waals surface area (Å²) < 4.78 is 0. The summed E-state index contributed by atoms with van der Waals surface area (Å²) in [5.74, 6) is 0. The Morgan fingerprint density at radius 1 is 1.77 bits per heavy atom. The Balaban J connectivity index is 0.00000144. The van der Waals surface area contributed by atoms with Gasteiger partial charge in [-0.25, -0.2) is 4.98 Å². The smallest absolute Gasteiger partial charge is 0.227 e. The lowest BCUT2D eigenvalue weighted by atomic mass is 10.4. The first-order valence-corrected chi connectivity index (χ1v) is 4.31. The van der Waals surface area contributed by atoms with Crippen molar-refractivity contribution in [3.05, 3.63) is 11.1 Å². The van der Waals surface area contributed by atoms with Crippen LogP contribution in [0.1, 0.15) is 5.69 Å². The minimum absolute atomic E-state index is 0. The molecule has 0 saturated heterocycles. The Labute approximate surface area is 89.7 Å². The normalized spacial score (nSPS) is 8.69. The molecule has 0 fully saturated rings. The number of carbonyl (C=O) groups excluding carboxylic acids is 2. The zero-order valence-corrected chi connectivity index (χ0v) is 8.71. The largest absolute Gasteiger partial charge is 0.305 e. The van der Waals surface area contributed by atoms with Crippen molar-refractivity contribution in [1.82, 2.24) is 4.98 Å². The van der Waals surface area contributed by atoms with Crippen molar-refractivity contribution >= 4 is 52.1 Å². The van der Waals surface area contributed by atoms with E-state index in [-0.39, 0.29) is 18.8 Å². The van der Waals surface area contributed by atoms with Crippen molar-refractivity contribution < 1.29 is 9.59 Å². The fourth-order valence-corrected chi connectivity index (χ4v) is 1.45. The molecule has 0 radical (unpaired) electrons. The number of amides is 1.